The lowest BCUT2D eigenvalue weighted by molar-refractivity contribution is 0.0816. The predicted octanol–water partition coefficient (Wildman–Crippen LogP) is 11.5. The molecule has 0 saturated carbocycles. The summed E-state index contributed by atoms with van der Waals surface area (Å²) in [4.78, 5) is 28.0. The van der Waals surface area contributed by atoms with Gasteiger partial charge in [0.05, 0.1) is 49.8 Å². The molecule has 0 unspecified atom stereocenters. The van der Waals surface area contributed by atoms with Crippen LogP contribution in [0.5, 0.6) is 63.2 Å². The topological polar surface area (TPSA) is 117 Å². The fourth-order valence-corrected chi connectivity index (χ4v) is 7.85. The van der Waals surface area contributed by atoms with Gasteiger partial charge in [-0.15, -0.1) is 0 Å². The first kappa shape index (κ1) is 45.3. The number of ether oxygens (including phenoxy) is 9. The Balaban J connectivity index is 1.32. The summed E-state index contributed by atoms with van der Waals surface area (Å²) < 4.78 is 52.7. The van der Waals surface area contributed by atoms with Crippen LogP contribution < -0.4 is 42.6 Å². The number of methoxy groups -OCH3 is 7. The molecule has 62 heavy (non-hydrogen) atoms. The zero-order chi connectivity index (χ0) is 44.3. The number of hydrogen-bond donors (Lipinski definition) is 0. The number of hydrogen-bond acceptors (Lipinski definition) is 11. The Labute approximate surface area is 378 Å². The number of carbonyl (C=O) groups is 2. The lowest BCUT2D eigenvalue weighted by atomic mass is 10.00. The van der Waals surface area contributed by atoms with Gasteiger partial charge in [-0.1, -0.05) is 31.9 Å². The summed E-state index contributed by atoms with van der Waals surface area (Å²) in [5.41, 5.74) is 4.17. The van der Waals surface area contributed by atoms with E-state index >= 15 is 0 Å². The summed E-state index contributed by atoms with van der Waals surface area (Å²) in [6, 6.07) is 30.7. The molecule has 13 heteroatoms. The van der Waals surface area contributed by atoms with Crippen LogP contribution in [0.25, 0.3) is 0 Å². The van der Waals surface area contributed by atoms with E-state index in [0.29, 0.717) is 65.9 Å². The van der Waals surface area contributed by atoms with Crippen LogP contribution in [0, 0.1) is 0 Å². The van der Waals surface area contributed by atoms with Gasteiger partial charge in [0.1, 0.15) is 46.0 Å². The largest absolute Gasteiger partial charge is 0.497 e. The van der Waals surface area contributed by atoms with E-state index in [0.717, 1.165) is 31.2 Å². The van der Waals surface area contributed by atoms with Gasteiger partial charge in [-0.3, -0.25) is 9.59 Å². The van der Waals surface area contributed by atoms with Crippen LogP contribution >= 0.6 is 31.9 Å². The average Bonchev–Trinajstić information content (AvgIpc) is 3.28. The standard InChI is InChI=1S/C49H46Br2O11/c1-54-37-14-31(15-38(26-37)55-2)10-8-29-12-35(50)24-41(18-29)61-43-20-33(47(52)48(53)34-22-45(58-5)49(60-7)46(23-34)59-6)21-44(28-43)62-42-19-30(13-36(51)25-42)9-11-32-16-39(56-3)27-40(17-32)57-4/h12-28H,8-11H2,1-7H3. The molecule has 0 atom stereocenters. The molecule has 0 heterocycles. The van der Waals surface area contributed by atoms with Crippen LogP contribution in [0.1, 0.15) is 43.0 Å². The highest BCUT2D eigenvalue weighted by Gasteiger charge is 2.25. The van der Waals surface area contributed by atoms with Gasteiger partial charge in [0.25, 0.3) is 0 Å². The van der Waals surface area contributed by atoms with Crippen molar-refractivity contribution in [2.75, 3.05) is 49.8 Å². The third-order valence-corrected chi connectivity index (χ3v) is 10.8. The van der Waals surface area contributed by atoms with E-state index in [9.17, 15) is 9.59 Å². The summed E-state index contributed by atoms with van der Waals surface area (Å²) in [5.74, 6) is 3.54. The maximum Gasteiger partial charge on any atom is 0.233 e. The molecule has 6 aromatic rings. The zero-order valence-corrected chi connectivity index (χ0v) is 38.6. The van der Waals surface area contributed by atoms with Crippen LogP contribution in [0.2, 0.25) is 0 Å². The molecule has 0 aliphatic heterocycles. The van der Waals surface area contributed by atoms with Crippen molar-refractivity contribution in [2.45, 2.75) is 25.7 Å². The van der Waals surface area contributed by atoms with Gasteiger partial charge in [-0.25, -0.2) is 0 Å². The van der Waals surface area contributed by atoms with Crippen molar-refractivity contribution in [1.29, 1.82) is 0 Å². The highest BCUT2D eigenvalue weighted by molar-refractivity contribution is 9.10. The maximum atomic E-state index is 14.1. The van der Waals surface area contributed by atoms with Gasteiger partial charge in [-0.05, 0) is 133 Å². The van der Waals surface area contributed by atoms with E-state index in [2.05, 4.69) is 31.9 Å². The minimum absolute atomic E-state index is 0.0423. The van der Waals surface area contributed by atoms with Crippen molar-refractivity contribution >= 4 is 43.4 Å². The lowest BCUT2D eigenvalue weighted by Crippen LogP contribution is -2.15. The molecule has 0 saturated heterocycles. The highest BCUT2D eigenvalue weighted by Crippen LogP contribution is 2.39. The van der Waals surface area contributed by atoms with E-state index in [4.69, 9.17) is 42.6 Å². The summed E-state index contributed by atoms with van der Waals surface area (Å²) >= 11 is 7.28. The Kier molecular flexibility index (Phi) is 15.4. The number of Topliss-reactive ketones (excluding diaryl/α,β-unsaturated/α-hetero) is 2. The summed E-state index contributed by atoms with van der Waals surface area (Å²) in [7, 11) is 10.8. The normalized spacial score (nSPS) is 10.7. The van der Waals surface area contributed by atoms with E-state index < -0.39 is 11.6 Å². The average molecular weight is 971 g/mol. The molecule has 0 radical (unpaired) electrons. The highest BCUT2D eigenvalue weighted by atomic mass is 79.9. The molecular formula is C49H46Br2O11. The van der Waals surface area contributed by atoms with Crippen LogP contribution in [-0.4, -0.2) is 61.3 Å². The maximum absolute atomic E-state index is 14.1. The number of ketones is 2. The Morgan fingerprint density at radius 3 is 1.00 bits per heavy atom. The smallest absolute Gasteiger partial charge is 0.233 e. The summed E-state index contributed by atoms with van der Waals surface area (Å²) in [6.45, 7) is 0. The number of benzene rings is 6. The molecule has 0 spiro atoms. The van der Waals surface area contributed by atoms with E-state index in [1.165, 1.54) is 45.6 Å². The molecule has 322 valence electrons. The number of aryl methyl sites for hydroxylation is 4. The number of rotatable bonds is 20. The van der Waals surface area contributed by atoms with Gasteiger partial charge in [0.2, 0.25) is 17.3 Å². The second-order valence-corrected chi connectivity index (χ2v) is 15.8. The summed E-state index contributed by atoms with van der Waals surface area (Å²) in [6.07, 6.45) is 2.77. The fourth-order valence-electron chi connectivity index (χ4n) is 6.81. The quantitative estimate of drug-likeness (QED) is 0.0537. The van der Waals surface area contributed by atoms with Crippen LogP contribution in [0.15, 0.2) is 112 Å². The minimum atomic E-state index is -0.804. The zero-order valence-electron chi connectivity index (χ0n) is 35.4. The second kappa shape index (κ2) is 21.1. The Bertz CT molecular complexity index is 2370. The lowest BCUT2D eigenvalue weighted by Gasteiger charge is -2.15. The second-order valence-electron chi connectivity index (χ2n) is 14.0. The van der Waals surface area contributed by atoms with Crippen molar-refractivity contribution in [1.82, 2.24) is 0 Å². The molecule has 0 fully saturated rings. The van der Waals surface area contributed by atoms with Crippen molar-refractivity contribution in [3.8, 4) is 63.2 Å². The SMILES string of the molecule is COc1cc(CCc2cc(Br)cc(Oc3cc(Oc4cc(Br)cc(CCc5cc(OC)cc(OC)c5)c4)cc(C(=O)C(=O)c4cc(OC)c(OC)c(OC)c4)c3)c2)cc(OC)c1. The van der Waals surface area contributed by atoms with E-state index in [-0.39, 0.29) is 34.1 Å². The van der Waals surface area contributed by atoms with Gasteiger partial charge in [0.15, 0.2) is 11.5 Å². The van der Waals surface area contributed by atoms with Gasteiger partial charge in [-0.2, -0.15) is 0 Å². The molecule has 0 amide bonds. The molecule has 0 bridgehead atoms. The molecule has 0 aliphatic carbocycles. The van der Waals surface area contributed by atoms with Crippen molar-refractivity contribution < 1.29 is 52.2 Å². The predicted molar refractivity (Wildman–Crippen MR) is 244 cm³/mol. The van der Waals surface area contributed by atoms with Gasteiger partial charge >= 0.3 is 0 Å². The number of carbonyl (C=O) groups excluding carboxylic acids is 2. The molecular weight excluding hydrogens is 924 g/mol. The molecule has 0 aromatic heterocycles. The minimum Gasteiger partial charge on any atom is -0.497 e. The van der Waals surface area contributed by atoms with Gasteiger partial charge < -0.3 is 42.6 Å². The monoisotopic (exact) mass is 968 g/mol. The van der Waals surface area contributed by atoms with E-state index in [1.807, 2.05) is 72.8 Å². The van der Waals surface area contributed by atoms with Crippen LogP contribution in [0.4, 0.5) is 0 Å². The molecule has 0 N–H and O–H groups in total. The molecule has 6 aromatic carbocycles. The van der Waals surface area contributed by atoms with Crippen molar-refractivity contribution in [3.05, 3.63) is 145 Å². The third kappa shape index (κ3) is 11.6. The Hall–Kier alpha value is -6.18. The van der Waals surface area contributed by atoms with Crippen molar-refractivity contribution in [3.63, 3.8) is 0 Å². The third-order valence-electron chi connectivity index (χ3n) is 9.84. The fraction of sp³-hybridized carbons (Fsp3) is 0.224. The first-order valence-electron chi connectivity index (χ1n) is 19.4. The number of halogens is 2. The van der Waals surface area contributed by atoms with Gasteiger partial charge in [0, 0.05) is 38.3 Å². The summed E-state index contributed by atoms with van der Waals surface area (Å²) in [5, 5.41) is 0. The van der Waals surface area contributed by atoms with E-state index in [1.54, 1.807) is 34.5 Å². The van der Waals surface area contributed by atoms with Crippen LogP contribution in [0.3, 0.4) is 0 Å². The first-order chi connectivity index (χ1) is 29.9. The molecule has 11 nitrogen and oxygen atoms in total. The molecule has 6 rings (SSSR count). The Morgan fingerprint density at radius 1 is 0.355 bits per heavy atom. The Morgan fingerprint density at radius 2 is 0.661 bits per heavy atom. The first-order valence-corrected chi connectivity index (χ1v) is 21.0. The molecule has 0 aliphatic rings. The van der Waals surface area contributed by atoms with Crippen LogP contribution in [-0.2, 0) is 25.7 Å². The van der Waals surface area contributed by atoms with Crippen molar-refractivity contribution in [2.24, 2.45) is 0 Å².